The molecule has 4 aromatic rings. The van der Waals surface area contributed by atoms with Crippen LogP contribution in [0.4, 0.5) is 0 Å². The molecule has 0 aliphatic rings. The molecule has 3 aromatic carbocycles. The van der Waals surface area contributed by atoms with Crippen molar-refractivity contribution in [2.75, 3.05) is 7.11 Å². The Hall–Kier alpha value is -3.57. The average molecular weight is 432 g/mol. The van der Waals surface area contributed by atoms with E-state index in [0.717, 1.165) is 16.9 Å². The van der Waals surface area contributed by atoms with Gasteiger partial charge in [-0.1, -0.05) is 60.1 Å². The van der Waals surface area contributed by atoms with E-state index in [1.54, 1.807) is 30.0 Å². The van der Waals surface area contributed by atoms with Gasteiger partial charge in [-0.05, 0) is 48.9 Å². The predicted molar refractivity (Wildman–Crippen MR) is 123 cm³/mol. The van der Waals surface area contributed by atoms with Crippen LogP contribution in [-0.4, -0.2) is 22.8 Å². The summed E-state index contributed by atoms with van der Waals surface area (Å²) in [6.07, 6.45) is 0. The first-order valence-electron chi connectivity index (χ1n) is 9.91. The van der Waals surface area contributed by atoms with Gasteiger partial charge in [0.05, 0.1) is 24.5 Å². The summed E-state index contributed by atoms with van der Waals surface area (Å²) in [5.74, 6) is 0.497. The second-order valence-electron chi connectivity index (χ2n) is 7.14. The monoisotopic (exact) mass is 431 g/mol. The van der Waals surface area contributed by atoms with E-state index in [-0.39, 0.29) is 11.9 Å². The maximum atomic E-state index is 13.2. The minimum Gasteiger partial charge on any atom is -0.497 e. The van der Waals surface area contributed by atoms with Crippen molar-refractivity contribution in [3.05, 3.63) is 101 Å². The number of benzene rings is 3. The molecule has 0 aliphatic carbocycles. The number of hydrogen-bond donors (Lipinski definition) is 1. The number of amides is 1. The molecule has 6 heteroatoms. The largest absolute Gasteiger partial charge is 0.497 e. The number of carbonyl (C=O) groups is 1. The summed E-state index contributed by atoms with van der Waals surface area (Å²) in [5, 5.41) is 8.35. The fourth-order valence-corrected chi connectivity index (χ4v) is 3.55. The zero-order chi connectivity index (χ0) is 21.8. The molecule has 0 spiro atoms. The van der Waals surface area contributed by atoms with Gasteiger partial charge in [-0.25, -0.2) is 4.68 Å². The third kappa shape index (κ3) is 4.62. The molecule has 1 aromatic heterocycles. The van der Waals surface area contributed by atoms with Crippen molar-refractivity contribution in [2.45, 2.75) is 13.0 Å². The molecule has 0 aliphatic heterocycles. The molecule has 4 rings (SSSR count). The van der Waals surface area contributed by atoms with Crippen LogP contribution in [0.1, 0.15) is 29.0 Å². The fraction of sp³-hybridized carbons (Fsp3) is 0.120. The highest BCUT2D eigenvalue weighted by molar-refractivity contribution is 6.30. The lowest BCUT2D eigenvalue weighted by molar-refractivity contribution is 0.0932. The summed E-state index contributed by atoms with van der Waals surface area (Å²) in [6, 6.07) is 26.3. The maximum absolute atomic E-state index is 13.2. The molecular formula is C25H22ClN3O2. The molecule has 1 N–H and O–H groups in total. The Labute approximate surface area is 186 Å². The number of nitrogens with zero attached hydrogens (tertiary/aromatic N) is 2. The van der Waals surface area contributed by atoms with Crippen molar-refractivity contribution >= 4 is 17.5 Å². The lowest BCUT2D eigenvalue weighted by Crippen LogP contribution is -2.28. The summed E-state index contributed by atoms with van der Waals surface area (Å²) >= 11 is 6.20. The van der Waals surface area contributed by atoms with Gasteiger partial charge in [0.2, 0.25) is 0 Å². The second-order valence-corrected chi connectivity index (χ2v) is 7.58. The van der Waals surface area contributed by atoms with Crippen LogP contribution in [0.15, 0.2) is 84.9 Å². The molecular weight excluding hydrogens is 410 g/mol. The zero-order valence-electron chi connectivity index (χ0n) is 17.2. The molecule has 0 radical (unpaired) electrons. The molecule has 1 heterocycles. The van der Waals surface area contributed by atoms with Crippen LogP contribution in [0.3, 0.4) is 0 Å². The smallest absolute Gasteiger partial charge is 0.270 e. The Morgan fingerprint density at radius 1 is 1.00 bits per heavy atom. The lowest BCUT2D eigenvalue weighted by atomic mass is 10.1. The molecule has 0 saturated carbocycles. The van der Waals surface area contributed by atoms with E-state index in [4.69, 9.17) is 21.4 Å². The van der Waals surface area contributed by atoms with Crippen molar-refractivity contribution < 1.29 is 9.53 Å². The fourth-order valence-electron chi connectivity index (χ4n) is 3.37. The van der Waals surface area contributed by atoms with E-state index in [9.17, 15) is 4.79 Å². The maximum Gasteiger partial charge on any atom is 0.270 e. The van der Waals surface area contributed by atoms with E-state index in [0.29, 0.717) is 22.1 Å². The highest BCUT2D eigenvalue weighted by Crippen LogP contribution is 2.26. The van der Waals surface area contributed by atoms with E-state index in [2.05, 4.69) is 5.32 Å². The van der Waals surface area contributed by atoms with Gasteiger partial charge in [0, 0.05) is 10.6 Å². The normalized spacial score (nSPS) is 11.7. The minimum atomic E-state index is -0.224. The summed E-state index contributed by atoms with van der Waals surface area (Å²) < 4.78 is 6.95. The number of nitrogens with one attached hydrogen (secondary N) is 1. The van der Waals surface area contributed by atoms with Gasteiger partial charge in [0.25, 0.3) is 5.91 Å². The number of halogens is 1. The molecule has 156 valence electrons. The quantitative estimate of drug-likeness (QED) is 0.426. The molecule has 1 atom stereocenters. The van der Waals surface area contributed by atoms with Crippen molar-refractivity contribution in [3.63, 3.8) is 0 Å². The summed E-state index contributed by atoms with van der Waals surface area (Å²) in [4.78, 5) is 13.2. The van der Waals surface area contributed by atoms with Crippen LogP contribution in [-0.2, 0) is 0 Å². The first-order chi connectivity index (χ1) is 15.0. The van der Waals surface area contributed by atoms with E-state index in [1.807, 2.05) is 73.7 Å². The van der Waals surface area contributed by atoms with E-state index in [1.165, 1.54) is 0 Å². The summed E-state index contributed by atoms with van der Waals surface area (Å²) in [5.41, 5.74) is 3.67. The Balaban J connectivity index is 1.74. The van der Waals surface area contributed by atoms with Gasteiger partial charge < -0.3 is 10.1 Å². The topological polar surface area (TPSA) is 56.1 Å². The minimum absolute atomic E-state index is 0.156. The highest BCUT2D eigenvalue weighted by atomic mass is 35.5. The van der Waals surface area contributed by atoms with Gasteiger partial charge >= 0.3 is 0 Å². The number of carbonyl (C=O) groups excluding carboxylic acids is 1. The Morgan fingerprint density at radius 2 is 1.77 bits per heavy atom. The number of aromatic nitrogens is 2. The molecule has 0 saturated heterocycles. The number of methoxy groups -OCH3 is 1. The molecule has 0 fully saturated rings. The number of rotatable bonds is 6. The van der Waals surface area contributed by atoms with Crippen LogP contribution in [0.2, 0.25) is 5.02 Å². The first kappa shape index (κ1) is 20.7. The standard InChI is InChI=1S/C25H22ClN3O2/c1-17(18-8-4-3-5-9-18)27-25(30)24-16-23(19-10-6-13-22(14-19)31-2)28-29(24)21-12-7-11-20(26)15-21/h3-17H,1-2H3,(H,27,30). The molecule has 0 bridgehead atoms. The van der Waals surface area contributed by atoms with Gasteiger partial charge in [0.15, 0.2) is 0 Å². The van der Waals surface area contributed by atoms with Gasteiger partial charge in [-0.2, -0.15) is 5.10 Å². The highest BCUT2D eigenvalue weighted by Gasteiger charge is 2.20. The van der Waals surface area contributed by atoms with Crippen LogP contribution < -0.4 is 10.1 Å². The molecule has 31 heavy (non-hydrogen) atoms. The Morgan fingerprint density at radius 3 is 2.52 bits per heavy atom. The van der Waals surface area contributed by atoms with Crippen LogP contribution >= 0.6 is 11.6 Å². The Bertz CT molecular complexity index is 1200. The van der Waals surface area contributed by atoms with Gasteiger partial charge in [0.1, 0.15) is 11.4 Å². The second kappa shape index (κ2) is 9.06. The molecule has 1 amide bonds. The summed E-state index contributed by atoms with van der Waals surface area (Å²) in [6.45, 7) is 1.95. The zero-order valence-corrected chi connectivity index (χ0v) is 18.0. The van der Waals surface area contributed by atoms with Crippen molar-refractivity contribution in [1.29, 1.82) is 0 Å². The molecule has 5 nitrogen and oxygen atoms in total. The van der Waals surface area contributed by atoms with Crippen LogP contribution in [0.5, 0.6) is 5.75 Å². The summed E-state index contributed by atoms with van der Waals surface area (Å²) in [7, 11) is 1.62. The SMILES string of the molecule is COc1cccc(-c2cc(C(=O)NC(C)c3ccccc3)n(-c3cccc(Cl)c3)n2)c1. The predicted octanol–water partition coefficient (Wildman–Crippen LogP) is 5.69. The third-order valence-electron chi connectivity index (χ3n) is 5.01. The average Bonchev–Trinajstić information content (AvgIpc) is 3.25. The number of ether oxygens (including phenoxy) is 1. The van der Waals surface area contributed by atoms with E-state index >= 15 is 0 Å². The van der Waals surface area contributed by atoms with Crippen LogP contribution in [0.25, 0.3) is 16.9 Å². The molecule has 1 unspecified atom stereocenters. The lowest BCUT2D eigenvalue weighted by Gasteiger charge is -2.15. The number of hydrogen-bond acceptors (Lipinski definition) is 3. The third-order valence-corrected chi connectivity index (χ3v) is 5.24. The van der Waals surface area contributed by atoms with Gasteiger partial charge in [-0.15, -0.1) is 0 Å². The van der Waals surface area contributed by atoms with E-state index < -0.39 is 0 Å². The van der Waals surface area contributed by atoms with Crippen LogP contribution in [0, 0.1) is 0 Å². The van der Waals surface area contributed by atoms with Crippen molar-refractivity contribution in [3.8, 4) is 22.7 Å². The van der Waals surface area contributed by atoms with Crippen molar-refractivity contribution in [2.24, 2.45) is 0 Å². The van der Waals surface area contributed by atoms with Crippen molar-refractivity contribution in [1.82, 2.24) is 15.1 Å². The van der Waals surface area contributed by atoms with Gasteiger partial charge in [-0.3, -0.25) is 4.79 Å². The first-order valence-corrected chi connectivity index (χ1v) is 10.3. The Kier molecular flexibility index (Phi) is 6.05.